The van der Waals surface area contributed by atoms with Crippen LogP contribution in [-0.4, -0.2) is 21.2 Å². The number of aromatic hydroxyl groups is 2. The molecule has 0 amide bonds. The Morgan fingerprint density at radius 2 is 1.16 bits per heavy atom. The first-order valence-corrected chi connectivity index (χ1v) is 10.4. The van der Waals surface area contributed by atoms with Gasteiger partial charge in [-0.25, -0.2) is 0 Å². The van der Waals surface area contributed by atoms with Crippen LogP contribution in [0, 0.1) is 22.7 Å². The summed E-state index contributed by atoms with van der Waals surface area (Å²) in [5, 5.41) is 43.3. The number of phenols is 2. The van der Waals surface area contributed by atoms with Crippen LogP contribution in [0.1, 0.15) is 36.1 Å². The summed E-state index contributed by atoms with van der Waals surface area (Å²) in [5.41, 5.74) is 2.72. The fraction of sp³-hybridized carbons (Fsp3) is 0.185. The molecule has 5 heteroatoms. The lowest BCUT2D eigenvalue weighted by Gasteiger charge is -2.28. The molecule has 4 aromatic rings. The van der Waals surface area contributed by atoms with Gasteiger partial charge in [0.25, 0.3) is 0 Å². The summed E-state index contributed by atoms with van der Waals surface area (Å²) in [6.07, 6.45) is 0. The summed E-state index contributed by atoms with van der Waals surface area (Å²) in [5.74, 6) is 0.405. The molecular formula is C27H23N3O2. The molecule has 32 heavy (non-hydrogen) atoms. The zero-order valence-corrected chi connectivity index (χ0v) is 18.0. The molecule has 158 valence electrons. The highest BCUT2D eigenvalue weighted by molar-refractivity contribution is 5.89. The van der Waals surface area contributed by atoms with Gasteiger partial charge in [-0.05, 0) is 71.8 Å². The molecule has 0 unspecified atom stereocenters. The normalized spacial score (nSPS) is 11.2. The maximum absolute atomic E-state index is 10.6. The van der Waals surface area contributed by atoms with Crippen LogP contribution in [0.4, 0.5) is 0 Å². The van der Waals surface area contributed by atoms with E-state index in [0.717, 1.165) is 32.7 Å². The van der Waals surface area contributed by atoms with Gasteiger partial charge in [0.2, 0.25) is 0 Å². The Morgan fingerprint density at radius 3 is 1.53 bits per heavy atom. The third-order valence-corrected chi connectivity index (χ3v) is 5.92. The molecule has 0 bridgehead atoms. The second kappa shape index (κ2) is 8.59. The minimum absolute atomic E-state index is 0.135. The predicted octanol–water partition coefficient (Wildman–Crippen LogP) is 5.56. The van der Waals surface area contributed by atoms with Gasteiger partial charge in [-0.3, -0.25) is 4.90 Å². The van der Waals surface area contributed by atoms with E-state index in [0.29, 0.717) is 24.2 Å². The largest absolute Gasteiger partial charge is 0.508 e. The smallest absolute Gasteiger partial charge is 0.120 e. The molecule has 0 saturated carbocycles. The summed E-state index contributed by atoms with van der Waals surface area (Å²) in [6.45, 7) is 5.09. The van der Waals surface area contributed by atoms with E-state index in [1.165, 1.54) is 0 Å². The number of phenolic OH excluding ortho intramolecular Hbond substituents is 2. The first-order valence-electron chi connectivity index (χ1n) is 10.4. The summed E-state index contributed by atoms with van der Waals surface area (Å²) in [6, 6.07) is 22.3. The van der Waals surface area contributed by atoms with E-state index in [1.807, 2.05) is 36.4 Å². The molecule has 4 rings (SSSR count). The van der Waals surface area contributed by atoms with Gasteiger partial charge >= 0.3 is 0 Å². The van der Waals surface area contributed by atoms with E-state index >= 15 is 0 Å². The average Bonchev–Trinajstić information content (AvgIpc) is 2.80. The lowest BCUT2D eigenvalue weighted by atomic mass is 9.98. The third kappa shape index (κ3) is 3.95. The van der Waals surface area contributed by atoms with Crippen molar-refractivity contribution in [1.82, 2.24) is 4.90 Å². The standard InChI is InChI=1S/C27H23N3O2/c1-17(2)30(15-24-22-7-3-18(13-28)11-20(22)5-9-26(24)31)16-25-23-8-4-19(14-29)12-21(23)6-10-27(25)32/h3-12,17,31-32H,15-16H2,1-2H3. The van der Waals surface area contributed by atoms with Crippen LogP contribution in [0.3, 0.4) is 0 Å². The second-order valence-corrected chi connectivity index (χ2v) is 8.22. The van der Waals surface area contributed by atoms with Crippen LogP contribution < -0.4 is 0 Å². The molecule has 0 fully saturated rings. The van der Waals surface area contributed by atoms with Crippen molar-refractivity contribution in [2.75, 3.05) is 0 Å². The monoisotopic (exact) mass is 421 g/mol. The molecule has 0 atom stereocenters. The molecule has 0 aliphatic carbocycles. The highest BCUT2D eigenvalue weighted by Gasteiger charge is 2.19. The fourth-order valence-corrected chi connectivity index (χ4v) is 4.06. The Hall–Kier alpha value is -4.06. The minimum atomic E-state index is 0.135. The first kappa shape index (κ1) is 21.2. The van der Waals surface area contributed by atoms with Gasteiger partial charge in [-0.2, -0.15) is 10.5 Å². The molecule has 0 saturated heterocycles. The molecular weight excluding hydrogens is 398 g/mol. The lowest BCUT2D eigenvalue weighted by molar-refractivity contribution is 0.201. The maximum Gasteiger partial charge on any atom is 0.120 e. The van der Waals surface area contributed by atoms with E-state index in [4.69, 9.17) is 0 Å². The van der Waals surface area contributed by atoms with Crippen molar-refractivity contribution < 1.29 is 10.2 Å². The number of hydrogen-bond acceptors (Lipinski definition) is 5. The topological polar surface area (TPSA) is 91.3 Å². The number of rotatable bonds is 5. The quantitative estimate of drug-likeness (QED) is 0.440. The second-order valence-electron chi connectivity index (χ2n) is 8.22. The molecule has 4 aromatic carbocycles. The van der Waals surface area contributed by atoms with Crippen molar-refractivity contribution in [1.29, 1.82) is 10.5 Å². The van der Waals surface area contributed by atoms with Gasteiger partial charge in [-0.1, -0.05) is 24.3 Å². The summed E-state index contributed by atoms with van der Waals surface area (Å²) in [7, 11) is 0. The van der Waals surface area contributed by atoms with E-state index < -0.39 is 0 Å². The van der Waals surface area contributed by atoms with Crippen molar-refractivity contribution in [3.05, 3.63) is 82.9 Å². The van der Waals surface area contributed by atoms with Crippen molar-refractivity contribution in [2.45, 2.75) is 33.0 Å². The van der Waals surface area contributed by atoms with Crippen LogP contribution in [0.15, 0.2) is 60.7 Å². The lowest BCUT2D eigenvalue weighted by Crippen LogP contribution is -2.30. The van der Waals surface area contributed by atoms with Crippen molar-refractivity contribution in [2.24, 2.45) is 0 Å². The summed E-state index contributed by atoms with van der Waals surface area (Å²) >= 11 is 0. The van der Waals surface area contributed by atoms with Crippen LogP contribution in [0.2, 0.25) is 0 Å². The van der Waals surface area contributed by atoms with Gasteiger partial charge in [0.05, 0.1) is 23.3 Å². The molecule has 0 aliphatic rings. The molecule has 0 radical (unpaired) electrons. The summed E-state index contributed by atoms with van der Waals surface area (Å²) in [4.78, 5) is 2.18. The van der Waals surface area contributed by atoms with E-state index in [-0.39, 0.29) is 17.5 Å². The summed E-state index contributed by atoms with van der Waals surface area (Å²) < 4.78 is 0. The third-order valence-electron chi connectivity index (χ3n) is 5.92. The van der Waals surface area contributed by atoms with Gasteiger partial charge in [0, 0.05) is 30.3 Å². The highest BCUT2D eigenvalue weighted by atomic mass is 16.3. The molecule has 5 nitrogen and oxygen atoms in total. The zero-order chi connectivity index (χ0) is 22.8. The number of nitrogens with zero attached hydrogens (tertiary/aromatic N) is 3. The van der Waals surface area contributed by atoms with Gasteiger partial charge in [-0.15, -0.1) is 0 Å². The Balaban J connectivity index is 1.76. The van der Waals surface area contributed by atoms with Crippen LogP contribution in [0.5, 0.6) is 11.5 Å². The SMILES string of the molecule is CC(C)N(Cc1c(O)ccc2cc(C#N)ccc12)Cc1c(O)ccc2cc(C#N)ccc12. The fourth-order valence-electron chi connectivity index (χ4n) is 4.06. The van der Waals surface area contributed by atoms with Crippen LogP contribution in [-0.2, 0) is 13.1 Å². The van der Waals surface area contributed by atoms with Gasteiger partial charge in [0.1, 0.15) is 11.5 Å². The van der Waals surface area contributed by atoms with Crippen LogP contribution >= 0.6 is 0 Å². The van der Waals surface area contributed by atoms with Crippen molar-refractivity contribution in [3.8, 4) is 23.6 Å². The van der Waals surface area contributed by atoms with E-state index in [9.17, 15) is 20.7 Å². The Bertz CT molecular complexity index is 1310. The molecule has 2 N–H and O–H groups in total. The number of hydrogen-bond donors (Lipinski definition) is 2. The Kier molecular flexibility index (Phi) is 5.69. The van der Waals surface area contributed by atoms with Crippen LogP contribution in [0.25, 0.3) is 21.5 Å². The first-order chi connectivity index (χ1) is 15.4. The predicted molar refractivity (Wildman–Crippen MR) is 125 cm³/mol. The molecule has 0 aliphatic heterocycles. The van der Waals surface area contributed by atoms with Crippen molar-refractivity contribution >= 4 is 21.5 Å². The highest BCUT2D eigenvalue weighted by Crippen LogP contribution is 2.33. The Labute approximate surface area is 187 Å². The maximum atomic E-state index is 10.6. The van der Waals surface area contributed by atoms with E-state index in [2.05, 4.69) is 30.9 Å². The van der Waals surface area contributed by atoms with Gasteiger partial charge < -0.3 is 10.2 Å². The number of nitriles is 2. The van der Waals surface area contributed by atoms with Crippen molar-refractivity contribution in [3.63, 3.8) is 0 Å². The number of fused-ring (bicyclic) bond motifs is 2. The minimum Gasteiger partial charge on any atom is -0.508 e. The number of benzene rings is 4. The van der Waals surface area contributed by atoms with Gasteiger partial charge in [0.15, 0.2) is 0 Å². The molecule has 0 heterocycles. The Morgan fingerprint density at radius 1 is 0.719 bits per heavy atom. The molecule has 0 spiro atoms. The van der Waals surface area contributed by atoms with E-state index in [1.54, 1.807) is 24.3 Å². The molecule has 0 aromatic heterocycles. The average molecular weight is 422 g/mol. The zero-order valence-electron chi connectivity index (χ0n) is 18.0.